The molecule has 1 aliphatic carbocycles. The highest BCUT2D eigenvalue weighted by molar-refractivity contribution is 6.36. The summed E-state index contributed by atoms with van der Waals surface area (Å²) in [6.07, 6.45) is 7.86. The van der Waals surface area contributed by atoms with Gasteiger partial charge in [0.25, 0.3) is 0 Å². The third kappa shape index (κ3) is 1.88. The fraction of sp³-hybridized carbons (Fsp3) is 0.429. The van der Waals surface area contributed by atoms with Gasteiger partial charge in [-0.2, -0.15) is 0 Å². The minimum Gasteiger partial charge on any atom is -0.0783 e. The molecule has 1 aliphatic heterocycles. The van der Waals surface area contributed by atoms with E-state index in [-0.39, 0.29) is 0 Å². The molecule has 0 N–H and O–H groups in total. The molecule has 1 heterocycles. The number of hydrogen-bond acceptors (Lipinski definition) is 0. The summed E-state index contributed by atoms with van der Waals surface area (Å²) in [5, 5.41) is 0. The smallest absolute Gasteiger partial charge is 0.0783 e. The van der Waals surface area contributed by atoms with Crippen LogP contribution >= 0.6 is 0 Å². The fourth-order valence-electron chi connectivity index (χ4n) is 3.00. The lowest BCUT2D eigenvalue weighted by atomic mass is 9.53. The van der Waals surface area contributed by atoms with E-state index in [0.717, 1.165) is 11.8 Å². The van der Waals surface area contributed by atoms with E-state index in [1.54, 1.807) is 5.57 Å². The normalized spacial score (nSPS) is 29.2. The Morgan fingerprint density at radius 3 is 2.73 bits per heavy atom. The lowest BCUT2D eigenvalue weighted by Gasteiger charge is -2.33. The van der Waals surface area contributed by atoms with Crippen molar-refractivity contribution in [2.24, 2.45) is 11.8 Å². The van der Waals surface area contributed by atoms with Gasteiger partial charge in [-0.1, -0.05) is 49.0 Å². The van der Waals surface area contributed by atoms with Gasteiger partial charge in [-0.05, 0) is 35.8 Å². The average Bonchev–Trinajstić information content (AvgIpc) is 2.30. The van der Waals surface area contributed by atoms with E-state index in [9.17, 15) is 0 Å². The molecule has 15 heavy (non-hydrogen) atoms. The molecule has 2 atom stereocenters. The maximum atomic E-state index is 2.52. The van der Waals surface area contributed by atoms with Crippen LogP contribution < -0.4 is 0 Å². The summed E-state index contributed by atoms with van der Waals surface area (Å²) in [7, 11) is 2.48. The van der Waals surface area contributed by atoms with E-state index < -0.39 is 0 Å². The Balaban J connectivity index is 1.91. The highest BCUT2D eigenvalue weighted by Crippen LogP contribution is 2.40. The standard InChI is InChI=1S/C14H16B/c1-2-4-13(5-3-1)14-7-11-6-12(8-14)10-15-9-11/h1-5,7,11-12H,6,8-10H2/t11-,12+/m0/s1. The number of benzene rings is 1. The lowest BCUT2D eigenvalue weighted by Crippen LogP contribution is -2.22. The zero-order valence-electron chi connectivity index (χ0n) is 9.02. The van der Waals surface area contributed by atoms with E-state index in [0.29, 0.717) is 0 Å². The van der Waals surface area contributed by atoms with E-state index in [1.807, 2.05) is 0 Å². The number of allylic oxidation sites excluding steroid dienone is 2. The van der Waals surface area contributed by atoms with Crippen molar-refractivity contribution in [2.45, 2.75) is 25.5 Å². The third-order valence-electron chi connectivity index (χ3n) is 3.70. The molecular formula is C14H16B. The molecule has 2 aliphatic rings. The van der Waals surface area contributed by atoms with Gasteiger partial charge < -0.3 is 0 Å². The summed E-state index contributed by atoms with van der Waals surface area (Å²) in [6, 6.07) is 10.9. The van der Waals surface area contributed by atoms with Gasteiger partial charge >= 0.3 is 0 Å². The van der Waals surface area contributed by atoms with Crippen LogP contribution in [0, 0.1) is 11.8 Å². The maximum absolute atomic E-state index is 2.52. The molecule has 1 fully saturated rings. The molecule has 0 amide bonds. The van der Waals surface area contributed by atoms with Crippen LogP contribution in [0.3, 0.4) is 0 Å². The quantitative estimate of drug-likeness (QED) is 0.600. The molecule has 3 rings (SSSR count). The first-order valence-electron chi connectivity index (χ1n) is 5.99. The molecule has 0 unspecified atom stereocenters. The minimum atomic E-state index is 0.827. The second kappa shape index (κ2) is 3.88. The predicted octanol–water partition coefficient (Wildman–Crippen LogP) is 3.65. The second-order valence-electron chi connectivity index (χ2n) is 4.88. The van der Waals surface area contributed by atoms with Crippen molar-refractivity contribution in [2.75, 3.05) is 0 Å². The Morgan fingerprint density at radius 2 is 1.93 bits per heavy atom. The number of rotatable bonds is 1. The summed E-state index contributed by atoms with van der Waals surface area (Å²) in [6.45, 7) is 0. The molecule has 0 aromatic heterocycles. The molecule has 1 aromatic rings. The molecule has 0 nitrogen and oxygen atoms in total. The SMILES string of the molecule is [B]1C[C@@H]2C=C(c3ccccc3)C[C@H](C1)C2. The molecule has 75 valence electrons. The molecule has 1 heteroatoms. The van der Waals surface area contributed by atoms with E-state index in [4.69, 9.17) is 0 Å². The first-order chi connectivity index (χ1) is 7.42. The van der Waals surface area contributed by atoms with Gasteiger partial charge in [0.2, 0.25) is 0 Å². The van der Waals surface area contributed by atoms with Crippen LogP contribution in [0.4, 0.5) is 0 Å². The molecule has 1 aromatic carbocycles. The summed E-state index contributed by atoms with van der Waals surface area (Å²) < 4.78 is 0. The zero-order chi connectivity index (χ0) is 10.1. The summed E-state index contributed by atoms with van der Waals surface area (Å²) in [5.74, 6) is 1.75. The summed E-state index contributed by atoms with van der Waals surface area (Å²) >= 11 is 0. The maximum Gasteiger partial charge on any atom is 0.110 e. The number of fused-ring (bicyclic) bond motifs is 2. The highest BCUT2D eigenvalue weighted by atomic mass is 14.3. The Kier molecular flexibility index (Phi) is 2.40. The van der Waals surface area contributed by atoms with Crippen molar-refractivity contribution in [3.8, 4) is 0 Å². The third-order valence-corrected chi connectivity index (χ3v) is 3.70. The van der Waals surface area contributed by atoms with Crippen LogP contribution in [0.25, 0.3) is 5.57 Å². The van der Waals surface area contributed by atoms with Crippen LogP contribution in [-0.2, 0) is 0 Å². The predicted molar refractivity (Wildman–Crippen MR) is 66.0 cm³/mol. The molecule has 1 saturated heterocycles. The molecule has 0 spiro atoms. The fourth-order valence-corrected chi connectivity index (χ4v) is 3.00. The van der Waals surface area contributed by atoms with Gasteiger partial charge in [0, 0.05) is 0 Å². The van der Waals surface area contributed by atoms with Crippen LogP contribution in [0.1, 0.15) is 18.4 Å². The van der Waals surface area contributed by atoms with Crippen molar-refractivity contribution < 1.29 is 0 Å². The van der Waals surface area contributed by atoms with Crippen molar-refractivity contribution >= 4 is 12.9 Å². The average molecular weight is 195 g/mol. The van der Waals surface area contributed by atoms with Gasteiger partial charge in [0.15, 0.2) is 0 Å². The van der Waals surface area contributed by atoms with Crippen LogP contribution in [0.2, 0.25) is 12.6 Å². The Morgan fingerprint density at radius 1 is 1.07 bits per heavy atom. The van der Waals surface area contributed by atoms with E-state index >= 15 is 0 Å². The summed E-state index contributed by atoms with van der Waals surface area (Å²) in [4.78, 5) is 0. The van der Waals surface area contributed by atoms with Crippen LogP contribution in [0.15, 0.2) is 36.4 Å². The summed E-state index contributed by atoms with van der Waals surface area (Å²) in [5.41, 5.74) is 3.03. The number of hydrogen-bond donors (Lipinski definition) is 0. The largest absolute Gasteiger partial charge is 0.110 e. The van der Waals surface area contributed by atoms with Crippen molar-refractivity contribution in [1.82, 2.24) is 0 Å². The van der Waals surface area contributed by atoms with E-state index in [2.05, 4.69) is 43.7 Å². The van der Waals surface area contributed by atoms with Gasteiger partial charge in [0.1, 0.15) is 7.28 Å². The van der Waals surface area contributed by atoms with Crippen molar-refractivity contribution in [3.05, 3.63) is 42.0 Å². The van der Waals surface area contributed by atoms with E-state index in [1.165, 1.54) is 31.0 Å². The van der Waals surface area contributed by atoms with Gasteiger partial charge in [-0.3, -0.25) is 0 Å². The Bertz CT molecular complexity index is 366. The Hall–Kier alpha value is -0.975. The van der Waals surface area contributed by atoms with Crippen LogP contribution in [-0.4, -0.2) is 7.28 Å². The molecule has 2 bridgehead atoms. The van der Waals surface area contributed by atoms with Crippen molar-refractivity contribution in [3.63, 3.8) is 0 Å². The van der Waals surface area contributed by atoms with Gasteiger partial charge in [-0.25, -0.2) is 0 Å². The van der Waals surface area contributed by atoms with Gasteiger partial charge in [0.05, 0.1) is 0 Å². The molecule has 0 saturated carbocycles. The molecular weight excluding hydrogens is 179 g/mol. The molecule has 1 radical (unpaired) electrons. The monoisotopic (exact) mass is 195 g/mol. The lowest BCUT2D eigenvalue weighted by molar-refractivity contribution is 0.434. The zero-order valence-corrected chi connectivity index (χ0v) is 9.02. The van der Waals surface area contributed by atoms with Crippen molar-refractivity contribution in [1.29, 1.82) is 0 Å². The topological polar surface area (TPSA) is 0 Å². The second-order valence-corrected chi connectivity index (χ2v) is 4.88. The first-order valence-corrected chi connectivity index (χ1v) is 5.99. The minimum absolute atomic E-state index is 0.827. The first kappa shape index (κ1) is 9.27. The highest BCUT2D eigenvalue weighted by Gasteiger charge is 2.26. The van der Waals surface area contributed by atoms with Gasteiger partial charge in [-0.15, -0.1) is 0 Å². The van der Waals surface area contributed by atoms with Crippen LogP contribution in [0.5, 0.6) is 0 Å². The Labute approximate surface area is 92.6 Å².